The second-order valence-corrected chi connectivity index (χ2v) is 3.31. The van der Waals surface area contributed by atoms with Crippen molar-refractivity contribution in [3.05, 3.63) is 30.2 Å². The van der Waals surface area contributed by atoms with Gasteiger partial charge in [0, 0.05) is 6.07 Å². The molecule has 0 saturated carbocycles. The van der Waals surface area contributed by atoms with Gasteiger partial charge in [-0.15, -0.1) is 0 Å². The zero-order valence-electron chi connectivity index (χ0n) is 9.10. The van der Waals surface area contributed by atoms with Crippen molar-refractivity contribution in [2.24, 2.45) is 0 Å². The van der Waals surface area contributed by atoms with Gasteiger partial charge in [-0.05, 0) is 12.8 Å². The van der Waals surface area contributed by atoms with Crippen molar-refractivity contribution in [1.82, 2.24) is 9.97 Å². The molecule has 15 heavy (non-hydrogen) atoms. The van der Waals surface area contributed by atoms with Crippen molar-refractivity contribution in [3.63, 3.8) is 0 Å². The summed E-state index contributed by atoms with van der Waals surface area (Å²) in [4.78, 5) is 7.87. The van der Waals surface area contributed by atoms with Gasteiger partial charge in [-0.25, -0.2) is 9.97 Å². The van der Waals surface area contributed by atoms with Gasteiger partial charge in [0.1, 0.15) is 6.33 Å². The lowest BCUT2D eigenvalue weighted by Crippen LogP contribution is -2.02. The summed E-state index contributed by atoms with van der Waals surface area (Å²) in [5, 5.41) is 9.84. The number of aliphatic hydroxyl groups is 1. The van der Waals surface area contributed by atoms with Crippen LogP contribution in [0.25, 0.3) is 0 Å². The van der Waals surface area contributed by atoms with Gasteiger partial charge < -0.3 is 9.84 Å². The van der Waals surface area contributed by atoms with E-state index in [0.717, 1.165) is 12.0 Å². The Morgan fingerprint density at radius 3 is 2.93 bits per heavy atom. The molecular weight excluding hydrogens is 192 g/mol. The van der Waals surface area contributed by atoms with Crippen molar-refractivity contribution < 1.29 is 9.84 Å². The lowest BCUT2D eigenvalue weighted by molar-refractivity contribution is 0.172. The number of nitrogens with zero attached hydrogens (tertiary/aromatic N) is 2. The third-order valence-electron chi connectivity index (χ3n) is 2.20. The van der Waals surface area contributed by atoms with Gasteiger partial charge in [-0.1, -0.05) is 19.1 Å². The third kappa shape index (κ3) is 3.32. The largest absolute Gasteiger partial charge is 0.481 e. The van der Waals surface area contributed by atoms with Crippen LogP contribution in [0.4, 0.5) is 0 Å². The summed E-state index contributed by atoms with van der Waals surface area (Å²) >= 11 is 0. The first kappa shape index (κ1) is 11.7. The maximum absolute atomic E-state index is 9.84. The summed E-state index contributed by atoms with van der Waals surface area (Å²) in [6, 6.07) is 1.63. The average Bonchev–Trinajstić information content (AvgIpc) is 2.28. The summed E-state index contributed by atoms with van der Waals surface area (Å²) in [6.45, 7) is 5.86. The molecule has 1 N–H and O–H groups in total. The number of ether oxygens (including phenoxy) is 1. The third-order valence-corrected chi connectivity index (χ3v) is 2.20. The van der Waals surface area contributed by atoms with Crippen molar-refractivity contribution in [1.29, 1.82) is 0 Å². The SMILES string of the molecule is C=C(CC)CC(O)c1cc(OC)ncn1. The van der Waals surface area contributed by atoms with E-state index in [9.17, 15) is 5.11 Å². The monoisotopic (exact) mass is 208 g/mol. The van der Waals surface area contributed by atoms with Gasteiger partial charge in [0.15, 0.2) is 0 Å². The van der Waals surface area contributed by atoms with Gasteiger partial charge >= 0.3 is 0 Å². The highest BCUT2D eigenvalue weighted by Gasteiger charge is 2.11. The molecule has 1 atom stereocenters. The van der Waals surface area contributed by atoms with Crippen LogP contribution in [0.15, 0.2) is 24.5 Å². The van der Waals surface area contributed by atoms with E-state index in [1.807, 2.05) is 6.92 Å². The second kappa shape index (κ2) is 5.46. The molecule has 82 valence electrons. The van der Waals surface area contributed by atoms with Crippen LogP contribution in [0.5, 0.6) is 5.88 Å². The molecule has 0 amide bonds. The van der Waals surface area contributed by atoms with Crippen LogP contribution < -0.4 is 4.74 Å². The standard InChI is InChI=1S/C11H16N2O2/c1-4-8(2)5-10(14)9-6-11(15-3)13-7-12-9/h6-7,10,14H,2,4-5H2,1,3H3. The quantitative estimate of drug-likeness (QED) is 0.750. The fraction of sp³-hybridized carbons (Fsp3) is 0.455. The highest BCUT2D eigenvalue weighted by molar-refractivity contribution is 5.16. The maximum Gasteiger partial charge on any atom is 0.216 e. The molecule has 1 aromatic heterocycles. The van der Waals surface area contributed by atoms with Crippen LogP contribution in [0.1, 0.15) is 31.6 Å². The summed E-state index contributed by atoms with van der Waals surface area (Å²) in [6.07, 6.45) is 2.14. The molecule has 0 aliphatic rings. The first-order valence-corrected chi connectivity index (χ1v) is 4.88. The topological polar surface area (TPSA) is 55.2 Å². The van der Waals surface area contributed by atoms with Crippen LogP contribution in [0, 0.1) is 0 Å². The Hall–Kier alpha value is -1.42. The van der Waals surface area contributed by atoms with E-state index in [1.54, 1.807) is 6.07 Å². The number of hydrogen-bond donors (Lipinski definition) is 1. The van der Waals surface area contributed by atoms with Gasteiger partial charge in [0.25, 0.3) is 0 Å². The van der Waals surface area contributed by atoms with Crippen molar-refractivity contribution in [2.75, 3.05) is 7.11 Å². The predicted octanol–water partition coefficient (Wildman–Crippen LogP) is 1.87. The van der Waals surface area contributed by atoms with E-state index in [-0.39, 0.29) is 0 Å². The first-order chi connectivity index (χ1) is 7.17. The fourth-order valence-electron chi connectivity index (χ4n) is 1.17. The number of methoxy groups -OCH3 is 1. The molecule has 1 rings (SSSR count). The molecule has 0 radical (unpaired) electrons. The Labute approximate surface area is 89.6 Å². The van der Waals surface area contributed by atoms with Gasteiger partial charge in [-0.3, -0.25) is 0 Å². The van der Waals surface area contributed by atoms with Crippen LogP contribution in [0.3, 0.4) is 0 Å². The average molecular weight is 208 g/mol. The Kier molecular flexibility index (Phi) is 4.24. The van der Waals surface area contributed by atoms with Crippen LogP contribution >= 0.6 is 0 Å². The number of hydrogen-bond acceptors (Lipinski definition) is 4. The van der Waals surface area contributed by atoms with E-state index in [1.165, 1.54) is 13.4 Å². The Bertz CT molecular complexity index is 339. The molecule has 0 bridgehead atoms. The summed E-state index contributed by atoms with van der Waals surface area (Å²) in [5.74, 6) is 0.459. The Morgan fingerprint density at radius 1 is 1.60 bits per heavy atom. The van der Waals surface area contributed by atoms with E-state index in [0.29, 0.717) is 18.0 Å². The number of aliphatic hydroxyl groups excluding tert-OH is 1. The maximum atomic E-state index is 9.84. The van der Waals surface area contributed by atoms with E-state index >= 15 is 0 Å². The predicted molar refractivity (Wildman–Crippen MR) is 57.6 cm³/mol. The van der Waals surface area contributed by atoms with Crippen molar-refractivity contribution in [3.8, 4) is 5.88 Å². The molecule has 4 nitrogen and oxygen atoms in total. The van der Waals surface area contributed by atoms with Crippen LogP contribution in [-0.2, 0) is 0 Å². The minimum Gasteiger partial charge on any atom is -0.481 e. The van der Waals surface area contributed by atoms with Gasteiger partial charge in [-0.2, -0.15) is 0 Å². The van der Waals surface area contributed by atoms with Crippen molar-refractivity contribution >= 4 is 0 Å². The van der Waals surface area contributed by atoms with Crippen LogP contribution in [0.2, 0.25) is 0 Å². The molecule has 0 aromatic carbocycles. The highest BCUT2D eigenvalue weighted by Crippen LogP contribution is 2.21. The molecule has 4 heteroatoms. The van der Waals surface area contributed by atoms with Gasteiger partial charge in [0.2, 0.25) is 5.88 Å². The minimum atomic E-state index is -0.630. The Balaban J connectivity index is 2.72. The molecular formula is C11H16N2O2. The molecule has 0 aliphatic heterocycles. The lowest BCUT2D eigenvalue weighted by atomic mass is 10.1. The second-order valence-electron chi connectivity index (χ2n) is 3.31. The molecule has 0 spiro atoms. The zero-order chi connectivity index (χ0) is 11.3. The zero-order valence-corrected chi connectivity index (χ0v) is 9.10. The van der Waals surface area contributed by atoms with E-state index in [4.69, 9.17) is 4.74 Å². The summed E-state index contributed by atoms with van der Waals surface area (Å²) in [5.41, 5.74) is 1.57. The molecule has 1 aromatic rings. The van der Waals surface area contributed by atoms with E-state index in [2.05, 4.69) is 16.5 Å². The summed E-state index contributed by atoms with van der Waals surface area (Å²) in [7, 11) is 1.53. The van der Waals surface area contributed by atoms with Crippen molar-refractivity contribution in [2.45, 2.75) is 25.9 Å². The minimum absolute atomic E-state index is 0.459. The lowest BCUT2D eigenvalue weighted by Gasteiger charge is -2.11. The first-order valence-electron chi connectivity index (χ1n) is 4.88. The van der Waals surface area contributed by atoms with Crippen LogP contribution in [-0.4, -0.2) is 22.2 Å². The smallest absolute Gasteiger partial charge is 0.216 e. The fourth-order valence-corrected chi connectivity index (χ4v) is 1.17. The molecule has 1 unspecified atom stereocenters. The normalized spacial score (nSPS) is 12.2. The summed E-state index contributed by atoms with van der Waals surface area (Å²) < 4.78 is 4.95. The van der Waals surface area contributed by atoms with Gasteiger partial charge in [0.05, 0.1) is 18.9 Å². The molecule has 0 aliphatic carbocycles. The van der Waals surface area contributed by atoms with E-state index < -0.39 is 6.10 Å². The Morgan fingerprint density at radius 2 is 2.33 bits per heavy atom. The molecule has 0 saturated heterocycles. The number of rotatable bonds is 5. The highest BCUT2D eigenvalue weighted by atomic mass is 16.5. The number of aromatic nitrogens is 2. The molecule has 0 fully saturated rings. The molecule has 1 heterocycles.